The number of halogens is 1. The Balaban J connectivity index is 1.82. The van der Waals surface area contributed by atoms with Crippen LogP contribution in [0.4, 0.5) is 5.69 Å². The predicted molar refractivity (Wildman–Crippen MR) is 86.1 cm³/mol. The van der Waals surface area contributed by atoms with Crippen LogP contribution in [0.25, 0.3) is 5.57 Å². The summed E-state index contributed by atoms with van der Waals surface area (Å²) < 4.78 is 0. The van der Waals surface area contributed by atoms with E-state index in [1.807, 2.05) is 31.2 Å². The summed E-state index contributed by atoms with van der Waals surface area (Å²) in [5.41, 5.74) is 5.62. The molecule has 22 heavy (non-hydrogen) atoms. The van der Waals surface area contributed by atoms with E-state index in [-0.39, 0.29) is 5.91 Å². The maximum Gasteiger partial charge on any atom is 0.280 e. The Morgan fingerprint density at radius 3 is 2.23 bits per heavy atom. The van der Waals surface area contributed by atoms with Gasteiger partial charge in [0.15, 0.2) is 0 Å². The molecule has 1 aliphatic rings. The minimum absolute atomic E-state index is 0.371. The molecule has 1 heterocycles. The number of carbonyl (C=O) groups excluding carboxylic acids is 2. The number of aryl methyl sites for hydroxylation is 1. The third-order valence-corrected chi connectivity index (χ3v) is 3.62. The van der Waals surface area contributed by atoms with Gasteiger partial charge in [0, 0.05) is 11.1 Å². The lowest BCUT2D eigenvalue weighted by Crippen LogP contribution is -2.36. The molecule has 3 rings (SSSR count). The molecule has 4 nitrogen and oxygen atoms in total. The fourth-order valence-electron chi connectivity index (χ4n) is 2.17. The van der Waals surface area contributed by atoms with Crippen molar-refractivity contribution in [3.05, 3.63) is 70.8 Å². The third-order valence-electron chi connectivity index (χ3n) is 3.37. The lowest BCUT2D eigenvalue weighted by atomic mass is 10.1. The number of hydrogen-bond donors (Lipinski definition) is 1. The Labute approximate surface area is 133 Å². The van der Waals surface area contributed by atoms with Crippen LogP contribution in [0, 0.1) is 6.92 Å². The predicted octanol–water partition coefficient (Wildman–Crippen LogP) is 3.43. The minimum Gasteiger partial charge on any atom is -0.288 e. The smallest absolute Gasteiger partial charge is 0.280 e. The summed E-state index contributed by atoms with van der Waals surface area (Å²) in [6, 6.07) is 14.2. The summed E-state index contributed by atoms with van der Waals surface area (Å²) in [5, 5.41) is 1.58. The highest BCUT2D eigenvalue weighted by Gasteiger charge is 2.32. The average Bonchev–Trinajstić information content (AvgIpc) is 2.78. The Kier molecular flexibility index (Phi) is 3.69. The van der Waals surface area contributed by atoms with Crippen LogP contribution in [0.3, 0.4) is 0 Å². The summed E-state index contributed by atoms with van der Waals surface area (Å²) in [4.78, 5) is 24.5. The molecule has 0 aliphatic carbocycles. The number of amides is 2. The van der Waals surface area contributed by atoms with Gasteiger partial charge in [-0.2, -0.15) is 5.01 Å². The van der Waals surface area contributed by atoms with Crippen LogP contribution in [-0.4, -0.2) is 16.8 Å². The fraction of sp³-hybridized carbons (Fsp3) is 0.0588. The first-order chi connectivity index (χ1) is 10.5. The Morgan fingerprint density at radius 2 is 1.59 bits per heavy atom. The standard InChI is InChI=1S/C17H13ClN2O2/c1-11-2-4-12(5-3-11)15-10-16(21)20(17(15)22)19-14-8-6-13(18)7-9-14/h2-10,19H,1H3. The van der Waals surface area contributed by atoms with Gasteiger partial charge in [-0.1, -0.05) is 41.4 Å². The molecule has 1 N–H and O–H groups in total. The Morgan fingerprint density at radius 1 is 0.955 bits per heavy atom. The van der Waals surface area contributed by atoms with E-state index in [0.717, 1.165) is 16.1 Å². The van der Waals surface area contributed by atoms with E-state index in [1.54, 1.807) is 24.3 Å². The molecule has 2 aromatic carbocycles. The fourth-order valence-corrected chi connectivity index (χ4v) is 2.30. The van der Waals surface area contributed by atoms with Crippen molar-refractivity contribution in [2.75, 3.05) is 5.43 Å². The zero-order chi connectivity index (χ0) is 15.7. The Bertz CT molecular complexity index is 764. The summed E-state index contributed by atoms with van der Waals surface area (Å²) in [7, 11) is 0. The highest BCUT2D eigenvalue weighted by atomic mass is 35.5. The molecule has 0 spiro atoms. The van der Waals surface area contributed by atoms with Crippen LogP contribution >= 0.6 is 11.6 Å². The number of hydrazine groups is 1. The quantitative estimate of drug-likeness (QED) is 0.883. The van der Waals surface area contributed by atoms with Gasteiger partial charge in [0.1, 0.15) is 0 Å². The molecule has 2 aromatic rings. The van der Waals surface area contributed by atoms with Gasteiger partial charge in [-0.25, -0.2) is 0 Å². The van der Waals surface area contributed by atoms with Crippen molar-refractivity contribution in [1.82, 2.24) is 5.01 Å². The molecule has 5 heteroatoms. The van der Waals surface area contributed by atoms with Gasteiger partial charge >= 0.3 is 0 Å². The van der Waals surface area contributed by atoms with Crippen LogP contribution < -0.4 is 5.43 Å². The van der Waals surface area contributed by atoms with Crippen LogP contribution in [0.5, 0.6) is 0 Å². The number of benzene rings is 2. The minimum atomic E-state index is -0.393. The van der Waals surface area contributed by atoms with E-state index in [9.17, 15) is 9.59 Å². The molecule has 0 unspecified atom stereocenters. The number of nitrogens with zero attached hydrogens (tertiary/aromatic N) is 1. The van der Waals surface area contributed by atoms with Gasteiger partial charge in [-0.15, -0.1) is 0 Å². The van der Waals surface area contributed by atoms with Gasteiger partial charge in [0.2, 0.25) is 0 Å². The second kappa shape index (κ2) is 5.66. The van der Waals surface area contributed by atoms with E-state index in [4.69, 9.17) is 11.6 Å². The SMILES string of the molecule is Cc1ccc(C2=CC(=O)N(Nc3ccc(Cl)cc3)C2=O)cc1. The highest BCUT2D eigenvalue weighted by molar-refractivity contribution is 6.33. The first-order valence-electron chi connectivity index (χ1n) is 6.74. The zero-order valence-corrected chi connectivity index (χ0v) is 12.6. The first kappa shape index (κ1) is 14.4. The van der Waals surface area contributed by atoms with Gasteiger partial charge in [0.05, 0.1) is 11.3 Å². The molecule has 0 bridgehead atoms. The molecule has 0 saturated heterocycles. The van der Waals surface area contributed by atoms with Crippen LogP contribution in [0.15, 0.2) is 54.6 Å². The van der Waals surface area contributed by atoms with Crippen molar-refractivity contribution < 1.29 is 9.59 Å². The number of carbonyl (C=O) groups is 2. The highest BCUT2D eigenvalue weighted by Crippen LogP contribution is 2.24. The van der Waals surface area contributed by atoms with Gasteiger partial charge in [0.25, 0.3) is 11.8 Å². The number of rotatable bonds is 3. The number of anilines is 1. The van der Waals surface area contributed by atoms with E-state index < -0.39 is 5.91 Å². The van der Waals surface area contributed by atoms with E-state index in [1.165, 1.54) is 6.08 Å². The average molecular weight is 313 g/mol. The van der Waals surface area contributed by atoms with Gasteiger partial charge < -0.3 is 0 Å². The second-order valence-corrected chi connectivity index (χ2v) is 5.46. The van der Waals surface area contributed by atoms with Crippen molar-refractivity contribution in [2.24, 2.45) is 0 Å². The zero-order valence-electron chi connectivity index (χ0n) is 11.8. The van der Waals surface area contributed by atoms with Crippen LogP contribution in [0.1, 0.15) is 11.1 Å². The molecular weight excluding hydrogens is 300 g/mol. The van der Waals surface area contributed by atoms with Gasteiger partial charge in [-0.3, -0.25) is 15.0 Å². The number of hydrogen-bond acceptors (Lipinski definition) is 3. The lowest BCUT2D eigenvalue weighted by molar-refractivity contribution is -0.134. The molecule has 0 aromatic heterocycles. The largest absolute Gasteiger partial charge is 0.288 e. The second-order valence-electron chi connectivity index (χ2n) is 5.02. The first-order valence-corrected chi connectivity index (χ1v) is 7.12. The molecule has 0 radical (unpaired) electrons. The van der Waals surface area contributed by atoms with E-state index in [2.05, 4.69) is 5.43 Å². The lowest BCUT2D eigenvalue weighted by Gasteiger charge is -2.17. The molecule has 2 amide bonds. The molecule has 1 aliphatic heterocycles. The molecule has 0 saturated carbocycles. The van der Waals surface area contributed by atoms with E-state index >= 15 is 0 Å². The molecule has 110 valence electrons. The summed E-state index contributed by atoms with van der Waals surface area (Å²) >= 11 is 5.82. The summed E-state index contributed by atoms with van der Waals surface area (Å²) in [5.74, 6) is -0.765. The van der Waals surface area contributed by atoms with Crippen molar-refractivity contribution in [3.8, 4) is 0 Å². The van der Waals surface area contributed by atoms with Crippen LogP contribution in [-0.2, 0) is 9.59 Å². The monoisotopic (exact) mass is 312 g/mol. The topological polar surface area (TPSA) is 49.4 Å². The normalized spacial score (nSPS) is 14.3. The van der Waals surface area contributed by atoms with Crippen molar-refractivity contribution in [3.63, 3.8) is 0 Å². The maximum absolute atomic E-state index is 12.4. The molecule has 0 atom stereocenters. The summed E-state index contributed by atoms with van der Waals surface area (Å²) in [6.45, 7) is 1.97. The van der Waals surface area contributed by atoms with E-state index in [0.29, 0.717) is 16.3 Å². The van der Waals surface area contributed by atoms with Crippen molar-refractivity contribution in [1.29, 1.82) is 0 Å². The third kappa shape index (κ3) is 2.73. The summed E-state index contributed by atoms with van der Waals surface area (Å²) in [6.07, 6.45) is 1.34. The van der Waals surface area contributed by atoms with Crippen LogP contribution in [0.2, 0.25) is 5.02 Å². The maximum atomic E-state index is 12.4. The van der Waals surface area contributed by atoms with Crippen molar-refractivity contribution in [2.45, 2.75) is 6.92 Å². The molecule has 0 fully saturated rings. The number of nitrogens with one attached hydrogen (secondary N) is 1. The van der Waals surface area contributed by atoms with Crippen molar-refractivity contribution >= 4 is 34.7 Å². The number of imide groups is 1. The molecular formula is C17H13ClN2O2. The van der Waals surface area contributed by atoms with Gasteiger partial charge in [-0.05, 0) is 36.8 Å². The Hall–Kier alpha value is -2.59.